The number of aryl methyl sites for hydroxylation is 1. The number of carboxylic acid groups (broad SMARTS) is 1. The lowest BCUT2D eigenvalue weighted by Gasteiger charge is -2.40. The molecule has 1 aliphatic rings. The monoisotopic (exact) mass is 576 g/mol. The van der Waals surface area contributed by atoms with E-state index in [0.29, 0.717) is 12.8 Å². The number of aliphatic carboxylic acids is 1. The number of rotatable bonds is 9. The number of pyridine rings is 1. The molecule has 2 atom stereocenters. The molecule has 220 valence electrons. The fraction of sp³-hybridized carbons (Fsp3) is 0.577. The van der Waals surface area contributed by atoms with Crippen LogP contribution in [0.4, 0.5) is 4.79 Å². The minimum atomic E-state index is -2.40. The SMILES string of the molecule is C[C@@H](C(=O)N1CCC[C@H]1C(=O)NC(=O)c1nc(C(=N)N)ccc1CCC(=O)O)N(C(=O)OC(C)(C)C)[Si](C)(C)C. The summed E-state index contributed by atoms with van der Waals surface area (Å²) in [5.41, 5.74) is 4.78. The highest BCUT2D eigenvalue weighted by Gasteiger charge is 2.43. The maximum atomic E-state index is 13.6. The maximum absolute atomic E-state index is 13.6. The summed E-state index contributed by atoms with van der Waals surface area (Å²) in [6, 6.07) is 0.980. The van der Waals surface area contributed by atoms with Gasteiger partial charge in [0.2, 0.25) is 11.8 Å². The average molecular weight is 577 g/mol. The van der Waals surface area contributed by atoms with E-state index in [-0.39, 0.29) is 36.3 Å². The molecule has 14 heteroatoms. The molecular formula is C26H40N6O7Si. The summed E-state index contributed by atoms with van der Waals surface area (Å²) in [5.74, 6) is -3.52. The van der Waals surface area contributed by atoms with E-state index in [9.17, 15) is 24.0 Å². The van der Waals surface area contributed by atoms with Crippen LogP contribution in [0, 0.1) is 5.41 Å². The van der Waals surface area contributed by atoms with Crippen molar-refractivity contribution in [3.05, 3.63) is 29.1 Å². The van der Waals surface area contributed by atoms with Crippen LogP contribution in [-0.2, 0) is 25.5 Å². The number of likely N-dealkylation sites (tertiary alicyclic amines) is 1. The molecule has 1 aromatic rings. The van der Waals surface area contributed by atoms with Crippen LogP contribution in [0.5, 0.6) is 0 Å². The predicted octanol–water partition coefficient (Wildman–Crippen LogP) is 2.09. The molecule has 0 aliphatic carbocycles. The van der Waals surface area contributed by atoms with Crippen LogP contribution >= 0.6 is 0 Å². The molecular weight excluding hydrogens is 536 g/mol. The number of hydrogen-bond donors (Lipinski definition) is 4. The highest BCUT2D eigenvalue weighted by Crippen LogP contribution is 2.24. The van der Waals surface area contributed by atoms with E-state index in [4.69, 9.17) is 21.0 Å². The molecule has 0 aromatic carbocycles. The lowest BCUT2D eigenvalue weighted by Crippen LogP contribution is -2.61. The number of imide groups is 1. The first-order chi connectivity index (χ1) is 18.3. The second kappa shape index (κ2) is 12.6. The van der Waals surface area contributed by atoms with E-state index >= 15 is 0 Å². The number of hydrogen-bond acceptors (Lipinski definition) is 8. The van der Waals surface area contributed by atoms with Gasteiger partial charge in [-0.05, 0) is 58.6 Å². The number of carbonyl (C=O) groups excluding carboxylic acids is 4. The number of nitrogens with zero attached hydrogens (tertiary/aromatic N) is 3. The second-order valence-corrected chi connectivity index (χ2v) is 16.5. The first-order valence-corrected chi connectivity index (χ1v) is 16.5. The maximum Gasteiger partial charge on any atom is 0.402 e. The zero-order chi connectivity index (χ0) is 30.6. The van der Waals surface area contributed by atoms with Crippen molar-refractivity contribution in [2.24, 2.45) is 5.73 Å². The summed E-state index contributed by atoms with van der Waals surface area (Å²) in [4.78, 5) is 69.5. The predicted molar refractivity (Wildman–Crippen MR) is 149 cm³/mol. The van der Waals surface area contributed by atoms with E-state index in [0.717, 1.165) is 0 Å². The van der Waals surface area contributed by atoms with Crippen LogP contribution in [0.25, 0.3) is 0 Å². The largest absolute Gasteiger partial charge is 0.481 e. The van der Waals surface area contributed by atoms with Gasteiger partial charge in [0.15, 0.2) is 8.24 Å². The molecule has 4 amide bonds. The molecule has 13 nitrogen and oxygen atoms in total. The third-order valence-corrected chi connectivity index (χ3v) is 8.23. The van der Waals surface area contributed by atoms with Crippen molar-refractivity contribution >= 4 is 43.9 Å². The van der Waals surface area contributed by atoms with E-state index < -0.39 is 61.5 Å². The number of carbonyl (C=O) groups is 5. The fourth-order valence-electron chi connectivity index (χ4n) is 4.51. The highest BCUT2D eigenvalue weighted by atomic mass is 28.3. The second-order valence-electron chi connectivity index (χ2n) is 11.7. The number of nitrogens with two attached hydrogens (primary N) is 1. The topological polar surface area (TPSA) is 196 Å². The molecule has 0 unspecified atom stereocenters. The van der Waals surface area contributed by atoms with Crippen LogP contribution < -0.4 is 11.1 Å². The fourth-order valence-corrected chi connectivity index (χ4v) is 6.38. The van der Waals surface area contributed by atoms with Crippen molar-refractivity contribution in [3.63, 3.8) is 0 Å². The number of amides is 4. The van der Waals surface area contributed by atoms with Gasteiger partial charge in [-0.3, -0.25) is 29.9 Å². The van der Waals surface area contributed by atoms with Crippen molar-refractivity contribution < 1.29 is 33.8 Å². The Kier molecular flexibility index (Phi) is 10.2. The van der Waals surface area contributed by atoms with Gasteiger partial charge in [0.05, 0.1) is 0 Å². The number of carboxylic acids is 1. The minimum Gasteiger partial charge on any atom is -0.481 e. The first-order valence-electron chi connectivity index (χ1n) is 13.1. The lowest BCUT2D eigenvalue weighted by atomic mass is 10.1. The van der Waals surface area contributed by atoms with Gasteiger partial charge in [-0.25, -0.2) is 9.78 Å². The number of aromatic nitrogens is 1. The van der Waals surface area contributed by atoms with E-state index in [1.54, 1.807) is 27.7 Å². The van der Waals surface area contributed by atoms with Crippen LogP contribution in [0.1, 0.15) is 68.7 Å². The average Bonchev–Trinajstić information content (AvgIpc) is 3.30. The quantitative estimate of drug-likeness (QED) is 0.147. The van der Waals surface area contributed by atoms with Gasteiger partial charge < -0.3 is 25.0 Å². The molecule has 0 radical (unpaired) electrons. The van der Waals surface area contributed by atoms with Gasteiger partial charge in [-0.1, -0.05) is 25.7 Å². The lowest BCUT2D eigenvalue weighted by molar-refractivity contribution is -0.140. The summed E-state index contributed by atoms with van der Waals surface area (Å²) in [6.45, 7) is 12.8. The Balaban J connectivity index is 2.28. The number of ether oxygens (including phenoxy) is 1. The van der Waals surface area contributed by atoms with Gasteiger partial charge in [-0.2, -0.15) is 0 Å². The highest BCUT2D eigenvalue weighted by molar-refractivity contribution is 6.75. The Bertz CT molecular complexity index is 1190. The van der Waals surface area contributed by atoms with Crippen molar-refractivity contribution in [2.75, 3.05) is 6.54 Å². The Labute approximate surface area is 235 Å². The zero-order valence-corrected chi connectivity index (χ0v) is 25.2. The summed E-state index contributed by atoms with van der Waals surface area (Å²) < 4.78 is 7.04. The van der Waals surface area contributed by atoms with Crippen molar-refractivity contribution in [2.45, 2.75) is 90.7 Å². The molecule has 40 heavy (non-hydrogen) atoms. The molecule has 0 bridgehead atoms. The Morgan fingerprint density at radius 3 is 2.40 bits per heavy atom. The molecule has 1 aliphatic heterocycles. The van der Waals surface area contributed by atoms with Crippen LogP contribution in [-0.4, -0.2) is 87.6 Å². The standard InChI is InChI=1S/C26H40N6O7Si/c1-15(32(40(5,6)7)25(38)39-26(2,3)4)24(37)31-14-8-9-18(31)22(35)30-23(36)20-16(11-13-19(33)34)10-12-17(29-20)21(27)28/h10,12,15,18H,8-9,11,13-14H2,1-7H3,(H3,27,28)(H,33,34)(H,30,35,36)/t15-,18-/m0/s1. The number of amidine groups is 1. The summed E-state index contributed by atoms with van der Waals surface area (Å²) >= 11 is 0. The third kappa shape index (κ3) is 8.34. The summed E-state index contributed by atoms with van der Waals surface area (Å²) in [7, 11) is -2.40. The van der Waals surface area contributed by atoms with Crippen molar-refractivity contribution in [3.8, 4) is 0 Å². The van der Waals surface area contributed by atoms with Gasteiger partial charge in [0.1, 0.15) is 34.9 Å². The molecule has 2 rings (SSSR count). The van der Waals surface area contributed by atoms with Crippen LogP contribution in [0.3, 0.4) is 0 Å². The van der Waals surface area contributed by atoms with Crippen molar-refractivity contribution in [1.29, 1.82) is 5.41 Å². The van der Waals surface area contributed by atoms with Gasteiger partial charge in [-0.15, -0.1) is 0 Å². The molecule has 0 saturated carbocycles. The first kappa shape index (κ1) is 32.4. The Morgan fingerprint density at radius 1 is 1.25 bits per heavy atom. The van der Waals surface area contributed by atoms with Gasteiger partial charge in [0, 0.05) is 13.0 Å². The molecule has 1 fully saturated rings. The normalized spacial score (nSPS) is 16.2. The smallest absolute Gasteiger partial charge is 0.402 e. The molecule has 2 heterocycles. The number of nitrogens with one attached hydrogen (secondary N) is 2. The summed E-state index contributed by atoms with van der Waals surface area (Å²) in [5, 5.41) is 18.9. The van der Waals surface area contributed by atoms with Crippen LogP contribution in [0.2, 0.25) is 19.6 Å². The minimum absolute atomic E-state index is 0.00301. The Morgan fingerprint density at radius 2 is 1.88 bits per heavy atom. The Hall–Kier alpha value is -3.81. The molecule has 1 aromatic heterocycles. The van der Waals surface area contributed by atoms with E-state index in [1.165, 1.54) is 21.6 Å². The van der Waals surface area contributed by atoms with Crippen molar-refractivity contribution in [1.82, 2.24) is 19.8 Å². The zero-order valence-electron chi connectivity index (χ0n) is 24.2. The molecule has 0 spiro atoms. The molecule has 5 N–H and O–H groups in total. The molecule has 1 saturated heterocycles. The van der Waals surface area contributed by atoms with E-state index in [2.05, 4.69) is 10.3 Å². The van der Waals surface area contributed by atoms with Gasteiger partial charge in [0.25, 0.3) is 5.91 Å². The van der Waals surface area contributed by atoms with E-state index in [1.807, 2.05) is 19.6 Å². The van der Waals surface area contributed by atoms with Crippen LogP contribution in [0.15, 0.2) is 12.1 Å². The number of nitrogen functional groups attached to an aromatic ring is 1. The third-order valence-electron chi connectivity index (χ3n) is 6.21. The summed E-state index contributed by atoms with van der Waals surface area (Å²) in [6.07, 6.45) is -0.0764. The van der Waals surface area contributed by atoms with Gasteiger partial charge >= 0.3 is 12.1 Å².